The summed E-state index contributed by atoms with van der Waals surface area (Å²) in [4.78, 5) is 11.7. The van der Waals surface area contributed by atoms with Crippen molar-refractivity contribution in [1.29, 1.82) is 0 Å². The summed E-state index contributed by atoms with van der Waals surface area (Å²) in [5, 5.41) is 4.57. The lowest BCUT2D eigenvalue weighted by atomic mass is 10.2. The Kier molecular flexibility index (Phi) is 6.86. The van der Waals surface area contributed by atoms with Gasteiger partial charge in [-0.05, 0) is 77.0 Å². The molecule has 0 unspecified atom stereocenters. The minimum absolute atomic E-state index is 0.126. The summed E-state index contributed by atoms with van der Waals surface area (Å²) in [6, 6.07) is 10.8. The van der Waals surface area contributed by atoms with E-state index in [9.17, 15) is 4.79 Å². The van der Waals surface area contributed by atoms with Gasteiger partial charge in [-0.2, -0.15) is 5.10 Å². The third-order valence-corrected chi connectivity index (χ3v) is 4.35. The highest BCUT2D eigenvalue weighted by Crippen LogP contribution is 2.21. The van der Waals surface area contributed by atoms with Gasteiger partial charge in [0.15, 0.2) is 6.61 Å². The molecule has 0 spiro atoms. The summed E-state index contributed by atoms with van der Waals surface area (Å²) in [5.41, 5.74) is 4.17. The van der Waals surface area contributed by atoms with Gasteiger partial charge in [-0.25, -0.2) is 5.43 Å². The van der Waals surface area contributed by atoms with Crippen molar-refractivity contribution in [2.24, 2.45) is 5.10 Å². The van der Waals surface area contributed by atoms with Crippen LogP contribution in [0.5, 0.6) is 11.5 Å². The Bertz CT molecular complexity index is 765. The highest BCUT2D eigenvalue weighted by Gasteiger charge is 2.03. The third-order valence-electron chi connectivity index (χ3n) is 3.08. The summed E-state index contributed by atoms with van der Waals surface area (Å²) in [5.74, 6) is 1.03. The average molecular weight is 459 g/mol. The van der Waals surface area contributed by atoms with Crippen LogP contribution in [0.3, 0.4) is 0 Å². The second-order valence-corrected chi connectivity index (χ2v) is 6.46. The number of halogens is 2. The van der Waals surface area contributed by atoms with Crippen molar-refractivity contribution < 1.29 is 14.3 Å². The molecule has 0 aliphatic rings. The van der Waals surface area contributed by atoms with Gasteiger partial charge in [-0.1, -0.05) is 11.6 Å². The molecule has 0 aliphatic carbocycles. The predicted molar refractivity (Wildman–Crippen MR) is 103 cm³/mol. The van der Waals surface area contributed by atoms with E-state index in [0.717, 1.165) is 20.4 Å². The number of ether oxygens (including phenoxy) is 2. The monoisotopic (exact) mass is 458 g/mol. The molecule has 0 saturated carbocycles. The number of carbonyl (C=O) groups excluding carboxylic acids is 1. The van der Waals surface area contributed by atoms with Crippen LogP contribution in [-0.2, 0) is 4.79 Å². The Labute approximate surface area is 159 Å². The Balaban J connectivity index is 1.84. The molecule has 0 aliphatic heterocycles. The summed E-state index contributed by atoms with van der Waals surface area (Å²) in [6.45, 7) is 1.74. The summed E-state index contributed by atoms with van der Waals surface area (Å²) in [6.07, 6.45) is 1.56. The van der Waals surface area contributed by atoms with Crippen molar-refractivity contribution in [2.75, 3.05) is 13.7 Å². The molecule has 24 heavy (non-hydrogen) atoms. The number of rotatable bonds is 6. The maximum absolute atomic E-state index is 11.7. The summed E-state index contributed by atoms with van der Waals surface area (Å²) >= 11 is 8.11. The molecule has 0 saturated heterocycles. The minimum Gasteiger partial charge on any atom is -0.496 e. The first-order valence-corrected chi connectivity index (χ1v) is 8.49. The van der Waals surface area contributed by atoms with Gasteiger partial charge >= 0.3 is 0 Å². The van der Waals surface area contributed by atoms with Crippen molar-refractivity contribution in [3.63, 3.8) is 0 Å². The van der Waals surface area contributed by atoms with Crippen molar-refractivity contribution in [3.8, 4) is 11.5 Å². The number of benzene rings is 2. The zero-order valence-electron chi connectivity index (χ0n) is 13.2. The van der Waals surface area contributed by atoms with Crippen LogP contribution < -0.4 is 14.9 Å². The molecule has 1 N–H and O–H groups in total. The molecule has 0 heterocycles. The summed E-state index contributed by atoms with van der Waals surface area (Å²) in [7, 11) is 1.62. The van der Waals surface area contributed by atoms with E-state index in [4.69, 9.17) is 21.1 Å². The van der Waals surface area contributed by atoms with Gasteiger partial charge < -0.3 is 9.47 Å². The van der Waals surface area contributed by atoms with E-state index in [1.807, 2.05) is 25.1 Å². The average Bonchev–Trinajstić information content (AvgIpc) is 2.56. The molecule has 2 aromatic carbocycles. The van der Waals surface area contributed by atoms with Gasteiger partial charge in [0.2, 0.25) is 0 Å². The normalized spacial score (nSPS) is 10.7. The highest BCUT2D eigenvalue weighted by molar-refractivity contribution is 14.1. The second-order valence-electron chi connectivity index (χ2n) is 4.89. The standard InChI is InChI=1S/C17H16ClIN2O3/c1-11-7-13(4-5-14(11)18)24-10-17(22)21-20-9-12-3-6-16(23-2)15(19)8-12/h3-9H,10H2,1-2H3,(H,21,22)/b20-9-. The first kappa shape index (κ1) is 18.5. The van der Waals surface area contributed by atoms with E-state index in [1.54, 1.807) is 31.5 Å². The molecule has 0 bridgehead atoms. The first-order chi connectivity index (χ1) is 11.5. The Morgan fingerprint density at radius 1 is 1.33 bits per heavy atom. The van der Waals surface area contributed by atoms with Crippen LogP contribution in [0.15, 0.2) is 41.5 Å². The van der Waals surface area contributed by atoms with Crippen LogP contribution in [-0.4, -0.2) is 25.8 Å². The number of aryl methyl sites for hydroxylation is 1. The largest absolute Gasteiger partial charge is 0.496 e. The fraction of sp³-hybridized carbons (Fsp3) is 0.176. The van der Waals surface area contributed by atoms with Gasteiger partial charge in [0.05, 0.1) is 16.9 Å². The number of nitrogens with one attached hydrogen (secondary N) is 1. The van der Waals surface area contributed by atoms with Gasteiger partial charge in [-0.15, -0.1) is 0 Å². The first-order valence-electron chi connectivity index (χ1n) is 7.04. The van der Waals surface area contributed by atoms with E-state index >= 15 is 0 Å². The Hall–Kier alpha value is -1.80. The molecule has 0 radical (unpaired) electrons. The minimum atomic E-state index is -0.345. The molecule has 0 aromatic heterocycles. The van der Waals surface area contributed by atoms with E-state index in [0.29, 0.717) is 10.8 Å². The third kappa shape index (κ3) is 5.38. The zero-order chi connectivity index (χ0) is 17.5. The lowest BCUT2D eigenvalue weighted by Crippen LogP contribution is -2.24. The smallest absolute Gasteiger partial charge is 0.277 e. The molecular weight excluding hydrogens is 443 g/mol. The molecule has 5 nitrogen and oxygen atoms in total. The van der Waals surface area contributed by atoms with Gasteiger partial charge in [0.25, 0.3) is 5.91 Å². The van der Waals surface area contributed by atoms with Crippen molar-refractivity contribution in [3.05, 3.63) is 56.1 Å². The van der Waals surface area contributed by atoms with Crippen LogP contribution in [0.4, 0.5) is 0 Å². The van der Waals surface area contributed by atoms with Gasteiger partial charge in [0.1, 0.15) is 11.5 Å². The number of hydrogen-bond donors (Lipinski definition) is 1. The van der Waals surface area contributed by atoms with Crippen LogP contribution in [0.25, 0.3) is 0 Å². The molecular formula is C17H16ClIN2O3. The SMILES string of the molecule is COc1ccc(/C=N\NC(=O)COc2ccc(Cl)c(C)c2)cc1I. The van der Waals surface area contributed by atoms with Crippen LogP contribution >= 0.6 is 34.2 Å². The number of amides is 1. The Morgan fingerprint density at radius 2 is 2.12 bits per heavy atom. The topological polar surface area (TPSA) is 59.9 Å². The second kappa shape index (κ2) is 8.89. The highest BCUT2D eigenvalue weighted by atomic mass is 127. The number of carbonyl (C=O) groups is 1. The quantitative estimate of drug-likeness (QED) is 0.407. The molecule has 2 rings (SSSR count). The van der Waals surface area contributed by atoms with Gasteiger partial charge in [0, 0.05) is 5.02 Å². The fourth-order valence-electron chi connectivity index (χ4n) is 1.83. The van der Waals surface area contributed by atoms with Crippen LogP contribution in [0, 0.1) is 10.5 Å². The maximum Gasteiger partial charge on any atom is 0.277 e. The zero-order valence-corrected chi connectivity index (χ0v) is 16.1. The van der Waals surface area contributed by atoms with E-state index in [1.165, 1.54) is 0 Å². The van der Waals surface area contributed by atoms with Crippen molar-refractivity contribution >= 4 is 46.3 Å². The lowest BCUT2D eigenvalue weighted by molar-refractivity contribution is -0.123. The molecule has 7 heteroatoms. The van der Waals surface area contributed by atoms with Crippen LogP contribution in [0.1, 0.15) is 11.1 Å². The summed E-state index contributed by atoms with van der Waals surface area (Å²) < 4.78 is 11.5. The molecule has 126 valence electrons. The van der Waals surface area contributed by atoms with Crippen LogP contribution in [0.2, 0.25) is 5.02 Å². The van der Waals surface area contributed by atoms with Crippen molar-refractivity contribution in [2.45, 2.75) is 6.92 Å². The van der Waals surface area contributed by atoms with E-state index < -0.39 is 0 Å². The van der Waals surface area contributed by atoms with Gasteiger partial charge in [-0.3, -0.25) is 4.79 Å². The van der Waals surface area contributed by atoms with E-state index in [2.05, 4.69) is 33.1 Å². The number of hydrazone groups is 1. The number of hydrogen-bond acceptors (Lipinski definition) is 4. The van der Waals surface area contributed by atoms with E-state index in [-0.39, 0.29) is 12.5 Å². The molecule has 0 atom stereocenters. The van der Waals surface area contributed by atoms with Crippen molar-refractivity contribution in [1.82, 2.24) is 5.43 Å². The maximum atomic E-state index is 11.7. The lowest BCUT2D eigenvalue weighted by Gasteiger charge is -2.06. The molecule has 2 aromatic rings. The predicted octanol–water partition coefficient (Wildman–Crippen LogP) is 3.79. The Morgan fingerprint density at radius 3 is 2.79 bits per heavy atom. The molecule has 0 fully saturated rings. The number of nitrogens with zero attached hydrogens (tertiary/aromatic N) is 1. The number of methoxy groups -OCH3 is 1. The fourth-order valence-corrected chi connectivity index (χ4v) is 2.71. The molecule has 1 amide bonds.